The molecule has 0 heterocycles. The molecule has 0 rings (SSSR count). The van der Waals surface area contributed by atoms with Crippen LogP contribution in [-0.4, -0.2) is 19.5 Å². The van der Waals surface area contributed by atoms with Gasteiger partial charge in [0.1, 0.15) is 6.61 Å². The minimum Gasteiger partial charge on any atom is -0.353 e. The van der Waals surface area contributed by atoms with Crippen molar-refractivity contribution >= 4 is 0 Å². The fourth-order valence-electron chi connectivity index (χ4n) is 0.448. The lowest BCUT2D eigenvalue weighted by molar-refractivity contribution is -0.117. The maximum absolute atomic E-state index is 5.03. The van der Waals surface area contributed by atoms with E-state index in [1.54, 1.807) is 0 Å². The maximum Gasteiger partial charge on any atom is 0.156 e. The van der Waals surface area contributed by atoms with Crippen molar-refractivity contribution in [3.63, 3.8) is 0 Å². The zero-order valence-electron chi connectivity index (χ0n) is 5.89. The Morgan fingerprint density at radius 1 is 1.56 bits per heavy atom. The second-order valence-corrected chi connectivity index (χ2v) is 1.54. The molecule has 0 N–H and O–H groups in total. The van der Waals surface area contributed by atoms with Gasteiger partial charge in [0.15, 0.2) is 6.29 Å². The van der Waals surface area contributed by atoms with E-state index in [1.807, 2.05) is 13.8 Å². The van der Waals surface area contributed by atoms with E-state index >= 15 is 0 Å². The highest BCUT2D eigenvalue weighted by Gasteiger charge is 1.95. The van der Waals surface area contributed by atoms with Gasteiger partial charge in [-0.15, -0.1) is 6.42 Å². The van der Waals surface area contributed by atoms with Crippen molar-refractivity contribution in [2.24, 2.45) is 0 Å². The first-order valence-corrected chi connectivity index (χ1v) is 2.98. The second kappa shape index (κ2) is 5.61. The van der Waals surface area contributed by atoms with E-state index in [4.69, 9.17) is 15.9 Å². The largest absolute Gasteiger partial charge is 0.353 e. The van der Waals surface area contributed by atoms with Crippen molar-refractivity contribution in [3.05, 3.63) is 0 Å². The van der Waals surface area contributed by atoms with Crippen LogP contribution in [-0.2, 0) is 9.47 Å². The molecule has 9 heavy (non-hydrogen) atoms. The molecule has 0 aromatic rings. The Balaban J connectivity index is 3.07. The van der Waals surface area contributed by atoms with Gasteiger partial charge in [0, 0.05) is 6.61 Å². The van der Waals surface area contributed by atoms with Crippen LogP contribution in [0.15, 0.2) is 0 Å². The lowest BCUT2D eigenvalue weighted by atomic mass is 10.7. The smallest absolute Gasteiger partial charge is 0.156 e. The van der Waals surface area contributed by atoms with Gasteiger partial charge in [-0.25, -0.2) is 0 Å². The molecule has 0 radical (unpaired) electrons. The topological polar surface area (TPSA) is 18.5 Å². The minimum absolute atomic E-state index is 0.175. The predicted octanol–water partition coefficient (Wildman–Crippen LogP) is 1.02. The number of rotatable bonds is 4. The molecule has 0 aliphatic carbocycles. The number of hydrogen-bond acceptors (Lipinski definition) is 2. The standard InChI is InChI=1S/C7H12O2/c1-4-6-9-7(3)8-5-2/h1,7H,5-6H2,2-3H3. The van der Waals surface area contributed by atoms with E-state index in [9.17, 15) is 0 Å². The molecule has 0 saturated heterocycles. The average molecular weight is 128 g/mol. The van der Waals surface area contributed by atoms with Gasteiger partial charge in [-0.3, -0.25) is 0 Å². The number of hydrogen-bond donors (Lipinski definition) is 0. The highest BCUT2D eigenvalue weighted by molar-refractivity contribution is 4.82. The van der Waals surface area contributed by atoms with Gasteiger partial charge in [-0.1, -0.05) is 5.92 Å². The molecule has 1 unspecified atom stereocenters. The Hall–Kier alpha value is -0.520. The predicted molar refractivity (Wildman–Crippen MR) is 35.9 cm³/mol. The van der Waals surface area contributed by atoms with Crippen LogP contribution >= 0.6 is 0 Å². The third-order valence-corrected chi connectivity index (χ3v) is 0.803. The summed E-state index contributed by atoms with van der Waals surface area (Å²) in [7, 11) is 0. The molecule has 0 aliphatic rings. The zero-order valence-corrected chi connectivity index (χ0v) is 5.89. The van der Waals surface area contributed by atoms with E-state index in [1.165, 1.54) is 0 Å². The summed E-state index contributed by atoms with van der Waals surface area (Å²) in [6, 6.07) is 0. The molecule has 2 heteroatoms. The normalized spacial score (nSPS) is 12.6. The van der Waals surface area contributed by atoms with Crippen LogP contribution in [0.5, 0.6) is 0 Å². The van der Waals surface area contributed by atoms with Crippen molar-refractivity contribution in [3.8, 4) is 12.3 Å². The van der Waals surface area contributed by atoms with Gasteiger partial charge in [-0.05, 0) is 13.8 Å². The number of terminal acetylenes is 1. The summed E-state index contributed by atoms with van der Waals surface area (Å²) in [5.41, 5.74) is 0. The molecule has 0 saturated carbocycles. The Labute approximate surface area is 56.2 Å². The van der Waals surface area contributed by atoms with Crippen LogP contribution in [0.2, 0.25) is 0 Å². The molecule has 2 nitrogen and oxygen atoms in total. The van der Waals surface area contributed by atoms with Gasteiger partial charge in [0.25, 0.3) is 0 Å². The number of ether oxygens (including phenoxy) is 2. The van der Waals surface area contributed by atoms with Crippen LogP contribution in [0.25, 0.3) is 0 Å². The van der Waals surface area contributed by atoms with Gasteiger partial charge in [0.2, 0.25) is 0 Å². The highest BCUT2D eigenvalue weighted by Crippen LogP contribution is 1.90. The summed E-state index contributed by atoms with van der Waals surface area (Å²) in [6.07, 6.45) is 4.77. The zero-order chi connectivity index (χ0) is 7.11. The molecular formula is C7H12O2. The lowest BCUT2D eigenvalue weighted by Gasteiger charge is -2.09. The minimum atomic E-state index is -0.175. The molecule has 52 valence electrons. The molecule has 0 aromatic carbocycles. The van der Waals surface area contributed by atoms with Crippen molar-refractivity contribution in [2.75, 3.05) is 13.2 Å². The first-order valence-electron chi connectivity index (χ1n) is 2.98. The van der Waals surface area contributed by atoms with E-state index < -0.39 is 0 Å². The van der Waals surface area contributed by atoms with E-state index in [0.717, 1.165) is 0 Å². The van der Waals surface area contributed by atoms with Crippen LogP contribution in [0.4, 0.5) is 0 Å². The molecule has 0 aliphatic heterocycles. The molecule has 0 amide bonds. The molecule has 0 spiro atoms. The quantitative estimate of drug-likeness (QED) is 0.415. The van der Waals surface area contributed by atoms with E-state index in [2.05, 4.69) is 5.92 Å². The summed E-state index contributed by atoms with van der Waals surface area (Å²) in [5.74, 6) is 2.35. The third-order valence-electron chi connectivity index (χ3n) is 0.803. The fourth-order valence-corrected chi connectivity index (χ4v) is 0.448. The van der Waals surface area contributed by atoms with Crippen LogP contribution in [0, 0.1) is 12.3 Å². The average Bonchev–Trinajstić information content (AvgIpc) is 1.85. The Bertz CT molecular complexity index is 93.6. The molecule has 0 aromatic heterocycles. The first kappa shape index (κ1) is 8.48. The van der Waals surface area contributed by atoms with Gasteiger partial charge >= 0.3 is 0 Å². The van der Waals surface area contributed by atoms with Crippen LogP contribution < -0.4 is 0 Å². The third kappa shape index (κ3) is 5.35. The molecular weight excluding hydrogens is 116 g/mol. The van der Waals surface area contributed by atoms with E-state index in [-0.39, 0.29) is 6.29 Å². The monoisotopic (exact) mass is 128 g/mol. The Morgan fingerprint density at radius 3 is 2.67 bits per heavy atom. The van der Waals surface area contributed by atoms with Crippen molar-refractivity contribution < 1.29 is 9.47 Å². The molecule has 0 bridgehead atoms. The van der Waals surface area contributed by atoms with Crippen molar-refractivity contribution in [1.82, 2.24) is 0 Å². The Kier molecular flexibility index (Phi) is 5.29. The SMILES string of the molecule is C#CCOC(C)OCC. The van der Waals surface area contributed by atoms with Crippen LogP contribution in [0.1, 0.15) is 13.8 Å². The summed E-state index contributed by atoms with van der Waals surface area (Å²) < 4.78 is 10.00. The summed E-state index contributed by atoms with van der Waals surface area (Å²) >= 11 is 0. The highest BCUT2D eigenvalue weighted by atomic mass is 16.7. The van der Waals surface area contributed by atoms with Gasteiger partial charge < -0.3 is 9.47 Å². The second-order valence-electron chi connectivity index (χ2n) is 1.54. The lowest BCUT2D eigenvalue weighted by Crippen LogP contribution is -2.12. The summed E-state index contributed by atoms with van der Waals surface area (Å²) in [5, 5.41) is 0. The van der Waals surface area contributed by atoms with Crippen LogP contribution in [0.3, 0.4) is 0 Å². The summed E-state index contributed by atoms with van der Waals surface area (Å²) in [6.45, 7) is 4.71. The van der Waals surface area contributed by atoms with E-state index in [0.29, 0.717) is 13.2 Å². The van der Waals surface area contributed by atoms with Crippen molar-refractivity contribution in [2.45, 2.75) is 20.1 Å². The summed E-state index contributed by atoms with van der Waals surface area (Å²) in [4.78, 5) is 0. The first-order chi connectivity index (χ1) is 4.31. The van der Waals surface area contributed by atoms with Gasteiger partial charge in [0.05, 0.1) is 0 Å². The van der Waals surface area contributed by atoms with Crippen molar-refractivity contribution in [1.29, 1.82) is 0 Å². The molecule has 1 atom stereocenters. The Morgan fingerprint density at radius 2 is 2.22 bits per heavy atom. The fraction of sp³-hybridized carbons (Fsp3) is 0.714. The molecule has 0 fully saturated rings. The maximum atomic E-state index is 5.03. The van der Waals surface area contributed by atoms with Gasteiger partial charge in [-0.2, -0.15) is 0 Å².